The highest BCUT2D eigenvalue weighted by Gasteiger charge is 2.38. The Morgan fingerprint density at radius 1 is 1.44 bits per heavy atom. The van der Waals surface area contributed by atoms with Gasteiger partial charge in [0.15, 0.2) is 0 Å². The summed E-state index contributed by atoms with van der Waals surface area (Å²) in [5, 5.41) is 16.6. The van der Waals surface area contributed by atoms with Crippen LogP contribution >= 0.6 is 0 Å². The maximum absolute atomic E-state index is 12.7. The fourth-order valence-electron chi connectivity index (χ4n) is 3.10. The number of anilines is 1. The van der Waals surface area contributed by atoms with Crippen molar-refractivity contribution in [2.24, 2.45) is 12.0 Å². The number of nitrogens with one attached hydrogen (secondary N) is 1. The number of aromatic nitrogens is 2. The summed E-state index contributed by atoms with van der Waals surface area (Å²) in [6, 6.07) is 7.02. The molecule has 0 unspecified atom stereocenters. The molecule has 1 heterocycles. The summed E-state index contributed by atoms with van der Waals surface area (Å²) in [5.41, 5.74) is 7.62. The molecule has 0 saturated heterocycles. The van der Waals surface area contributed by atoms with E-state index in [1.54, 1.807) is 36.1 Å². The van der Waals surface area contributed by atoms with Crippen LogP contribution in [0, 0.1) is 0 Å². The topological polar surface area (TPSA) is 115 Å². The van der Waals surface area contributed by atoms with Crippen molar-refractivity contribution in [3.8, 4) is 5.75 Å². The molecule has 2 aromatic rings. The van der Waals surface area contributed by atoms with E-state index >= 15 is 0 Å². The van der Waals surface area contributed by atoms with Crippen LogP contribution in [0.1, 0.15) is 30.5 Å². The van der Waals surface area contributed by atoms with E-state index in [9.17, 15) is 9.90 Å². The number of aliphatic imine (C=N–C) groups is 1. The van der Waals surface area contributed by atoms with Gasteiger partial charge in [0.25, 0.3) is 5.91 Å². The summed E-state index contributed by atoms with van der Waals surface area (Å²) in [7, 11) is 3.39. The van der Waals surface area contributed by atoms with E-state index in [1.165, 1.54) is 0 Å². The summed E-state index contributed by atoms with van der Waals surface area (Å²) in [6.45, 7) is 0.261. The molecule has 8 nitrogen and oxygen atoms in total. The third-order valence-corrected chi connectivity index (χ3v) is 5.02. The molecule has 0 atom stereocenters. The van der Waals surface area contributed by atoms with Gasteiger partial charge in [-0.1, -0.05) is 0 Å². The molecule has 0 spiro atoms. The minimum atomic E-state index is -0.546. The first-order valence-electron chi connectivity index (χ1n) is 8.88. The molecule has 8 heteroatoms. The second-order valence-corrected chi connectivity index (χ2v) is 6.80. The quantitative estimate of drug-likeness (QED) is 0.497. The minimum Gasteiger partial charge on any atom is -0.487 e. The number of nitrogens with two attached hydrogens (primary N) is 1. The number of nitrogen functional groups attached to an aromatic ring is 1. The third-order valence-electron chi connectivity index (χ3n) is 5.02. The third kappa shape index (κ3) is 3.95. The molecule has 3 rings (SSSR count). The summed E-state index contributed by atoms with van der Waals surface area (Å²) in [5.74, 6) is 0.233. The van der Waals surface area contributed by atoms with E-state index < -0.39 is 5.54 Å². The average Bonchev–Trinajstić information content (AvgIpc) is 3.04. The number of hydrogen-bond acceptors (Lipinski definition) is 6. The molecule has 1 aromatic carbocycles. The largest absolute Gasteiger partial charge is 0.487 e. The van der Waals surface area contributed by atoms with Gasteiger partial charge in [-0.25, -0.2) is 0 Å². The lowest BCUT2D eigenvalue weighted by Gasteiger charge is -2.41. The smallest absolute Gasteiger partial charge is 0.270 e. The fourth-order valence-corrected chi connectivity index (χ4v) is 3.10. The first-order chi connectivity index (χ1) is 13.0. The van der Waals surface area contributed by atoms with Gasteiger partial charge in [-0.3, -0.25) is 14.5 Å². The van der Waals surface area contributed by atoms with Crippen LogP contribution in [0.3, 0.4) is 0 Å². The highest BCUT2D eigenvalue weighted by molar-refractivity contribution is 6.46. The van der Waals surface area contributed by atoms with Gasteiger partial charge in [0.2, 0.25) is 0 Å². The zero-order valence-electron chi connectivity index (χ0n) is 15.6. The number of benzene rings is 1. The number of aryl methyl sites for hydroxylation is 1. The zero-order chi connectivity index (χ0) is 19.4. The maximum atomic E-state index is 12.7. The Hall–Kier alpha value is -2.87. The molecular weight excluding hydrogens is 346 g/mol. The maximum Gasteiger partial charge on any atom is 0.270 e. The summed E-state index contributed by atoms with van der Waals surface area (Å²) < 4.78 is 7.55. The molecule has 1 amide bonds. The Morgan fingerprint density at radius 3 is 2.78 bits per heavy atom. The van der Waals surface area contributed by atoms with Crippen LogP contribution in [0.25, 0.3) is 0 Å². The minimum absolute atomic E-state index is 0.0843. The number of carbonyl (C=O) groups excluding carboxylic acids is 1. The molecule has 1 saturated carbocycles. The number of carbonyl (C=O) groups is 1. The SMILES string of the molecule is CN=C(C(=O)NC1(CO)CCC1)c1cc(OCc2ccnn2C)ccc1N. The van der Waals surface area contributed by atoms with Crippen molar-refractivity contribution >= 4 is 17.3 Å². The van der Waals surface area contributed by atoms with Crippen LogP contribution in [0.4, 0.5) is 5.69 Å². The Bertz CT molecular complexity index is 849. The molecule has 0 radical (unpaired) electrons. The van der Waals surface area contributed by atoms with E-state index in [4.69, 9.17) is 10.5 Å². The average molecular weight is 371 g/mol. The van der Waals surface area contributed by atoms with E-state index in [2.05, 4.69) is 15.4 Å². The number of amides is 1. The first kappa shape index (κ1) is 18.9. The monoisotopic (exact) mass is 371 g/mol. The standard InChI is InChI=1S/C19H25N5O3/c1-21-17(18(26)23-19(12-25)7-3-8-19)15-10-14(4-5-16(15)20)27-11-13-6-9-22-24(13)2/h4-6,9-10,25H,3,7-8,11-12,20H2,1-2H3,(H,23,26). The van der Waals surface area contributed by atoms with Crippen molar-refractivity contribution < 1.29 is 14.6 Å². The lowest BCUT2D eigenvalue weighted by molar-refractivity contribution is -0.118. The van der Waals surface area contributed by atoms with E-state index in [0.717, 1.165) is 25.0 Å². The van der Waals surface area contributed by atoms with Gasteiger partial charge in [-0.05, 0) is 43.5 Å². The van der Waals surface area contributed by atoms with Crippen LogP contribution in [0.15, 0.2) is 35.5 Å². The number of ether oxygens (including phenoxy) is 1. The van der Waals surface area contributed by atoms with E-state index in [-0.39, 0.29) is 18.2 Å². The van der Waals surface area contributed by atoms with Crippen molar-refractivity contribution in [2.45, 2.75) is 31.4 Å². The van der Waals surface area contributed by atoms with Crippen molar-refractivity contribution in [3.05, 3.63) is 41.7 Å². The molecule has 0 bridgehead atoms. The number of nitrogens with zero attached hydrogens (tertiary/aromatic N) is 3. The highest BCUT2D eigenvalue weighted by Crippen LogP contribution is 2.31. The van der Waals surface area contributed by atoms with Crippen molar-refractivity contribution in [2.75, 3.05) is 19.4 Å². The van der Waals surface area contributed by atoms with Crippen LogP contribution in [-0.4, -0.2) is 45.7 Å². The van der Waals surface area contributed by atoms with Gasteiger partial charge in [-0.2, -0.15) is 5.10 Å². The van der Waals surface area contributed by atoms with Crippen LogP contribution in [-0.2, 0) is 18.4 Å². The molecule has 144 valence electrons. The van der Waals surface area contributed by atoms with Gasteiger partial charge >= 0.3 is 0 Å². The van der Waals surface area contributed by atoms with Crippen LogP contribution in [0.2, 0.25) is 0 Å². The predicted octanol–water partition coefficient (Wildman–Crippen LogP) is 1.03. The van der Waals surface area contributed by atoms with E-state index in [1.807, 2.05) is 13.1 Å². The van der Waals surface area contributed by atoms with E-state index in [0.29, 0.717) is 23.6 Å². The fraction of sp³-hybridized carbons (Fsp3) is 0.421. The molecule has 4 N–H and O–H groups in total. The van der Waals surface area contributed by atoms with Crippen LogP contribution in [0.5, 0.6) is 5.75 Å². The lowest BCUT2D eigenvalue weighted by Crippen LogP contribution is -2.57. The van der Waals surface area contributed by atoms with Gasteiger partial charge in [0.1, 0.15) is 18.1 Å². The number of aliphatic hydroxyl groups excluding tert-OH is 1. The number of hydrogen-bond donors (Lipinski definition) is 3. The molecule has 1 aliphatic carbocycles. The Kier molecular flexibility index (Phi) is 5.46. The second kappa shape index (κ2) is 7.79. The second-order valence-electron chi connectivity index (χ2n) is 6.80. The molecular formula is C19H25N5O3. The van der Waals surface area contributed by atoms with Crippen molar-refractivity contribution in [1.82, 2.24) is 15.1 Å². The summed E-state index contributed by atoms with van der Waals surface area (Å²) in [6.07, 6.45) is 4.21. The van der Waals surface area contributed by atoms with Gasteiger partial charge in [-0.15, -0.1) is 0 Å². The van der Waals surface area contributed by atoms with Crippen molar-refractivity contribution in [1.29, 1.82) is 0 Å². The number of rotatable bonds is 7. The Morgan fingerprint density at radius 2 is 2.22 bits per heavy atom. The Balaban J connectivity index is 1.77. The van der Waals surface area contributed by atoms with Crippen molar-refractivity contribution in [3.63, 3.8) is 0 Å². The highest BCUT2D eigenvalue weighted by atomic mass is 16.5. The summed E-state index contributed by atoms with van der Waals surface area (Å²) >= 11 is 0. The van der Waals surface area contributed by atoms with Gasteiger partial charge in [0.05, 0.1) is 17.8 Å². The zero-order valence-corrected chi connectivity index (χ0v) is 15.6. The van der Waals surface area contributed by atoms with Gasteiger partial charge < -0.3 is 20.9 Å². The first-order valence-corrected chi connectivity index (χ1v) is 8.88. The number of aliphatic hydroxyl groups is 1. The molecule has 1 aliphatic rings. The predicted molar refractivity (Wildman–Crippen MR) is 103 cm³/mol. The van der Waals surface area contributed by atoms with Crippen LogP contribution < -0.4 is 15.8 Å². The van der Waals surface area contributed by atoms with Gasteiger partial charge in [0, 0.05) is 31.5 Å². The molecule has 27 heavy (non-hydrogen) atoms. The lowest BCUT2D eigenvalue weighted by atomic mass is 9.77. The molecule has 1 aromatic heterocycles. The Labute approximate surface area is 158 Å². The molecule has 0 aliphatic heterocycles. The normalized spacial score (nSPS) is 15.9. The molecule has 1 fully saturated rings. The summed E-state index contributed by atoms with van der Waals surface area (Å²) in [4.78, 5) is 16.9.